The van der Waals surface area contributed by atoms with Crippen molar-refractivity contribution in [2.75, 3.05) is 0 Å². The van der Waals surface area contributed by atoms with Crippen molar-refractivity contribution in [2.24, 2.45) is 17.8 Å². The van der Waals surface area contributed by atoms with Crippen LogP contribution in [-0.2, 0) is 11.2 Å². The number of allylic oxidation sites excluding steroid dienone is 2. The van der Waals surface area contributed by atoms with Crippen molar-refractivity contribution in [1.29, 1.82) is 0 Å². The fourth-order valence-electron chi connectivity index (χ4n) is 3.78. The maximum absolute atomic E-state index is 13.6. The summed E-state index contributed by atoms with van der Waals surface area (Å²) in [5, 5.41) is 11.7. The van der Waals surface area contributed by atoms with Gasteiger partial charge in [-0.15, -0.1) is 0 Å². The van der Waals surface area contributed by atoms with Crippen LogP contribution >= 0.6 is 11.6 Å². The molecule has 0 aliphatic rings. The van der Waals surface area contributed by atoms with Crippen molar-refractivity contribution < 1.29 is 9.90 Å². The van der Waals surface area contributed by atoms with Crippen molar-refractivity contribution in [3.05, 3.63) is 64.4 Å². The molecule has 0 bridgehead atoms. The number of carbonyl (C=O) groups excluding carboxylic acids is 1. The normalized spacial score (nSPS) is 14.4. The fourth-order valence-corrected chi connectivity index (χ4v) is 3.90. The number of ketones is 1. The summed E-state index contributed by atoms with van der Waals surface area (Å²) < 4.78 is 0. The van der Waals surface area contributed by atoms with Crippen molar-refractivity contribution >= 4 is 23.0 Å². The van der Waals surface area contributed by atoms with Gasteiger partial charge in [0.15, 0.2) is 5.78 Å². The van der Waals surface area contributed by atoms with Crippen LogP contribution in [0.1, 0.15) is 65.5 Å². The summed E-state index contributed by atoms with van der Waals surface area (Å²) in [6.45, 7) is 12.5. The van der Waals surface area contributed by atoms with E-state index in [1.54, 1.807) is 0 Å². The quantitative estimate of drug-likeness (QED) is 0.324. The molecule has 0 fully saturated rings. The van der Waals surface area contributed by atoms with Crippen LogP contribution < -0.4 is 0 Å². The molecule has 2 rings (SSSR count). The van der Waals surface area contributed by atoms with E-state index in [4.69, 9.17) is 11.6 Å². The van der Waals surface area contributed by atoms with E-state index in [2.05, 4.69) is 39.8 Å². The van der Waals surface area contributed by atoms with Gasteiger partial charge in [0.05, 0.1) is 5.57 Å². The monoisotopic (exact) mass is 426 g/mol. The molecule has 2 nitrogen and oxygen atoms in total. The zero-order chi connectivity index (χ0) is 22.4. The van der Waals surface area contributed by atoms with Crippen molar-refractivity contribution in [2.45, 2.75) is 60.8 Å². The first-order valence-electron chi connectivity index (χ1n) is 11.1. The van der Waals surface area contributed by atoms with Crippen LogP contribution in [-0.4, -0.2) is 10.9 Å². The standard InChI is InChI=1S/C27H35ClO2/c1-7-9-25(29)26(27(30)19(6)18(5)17(3)4)24-16-22(11-10-20(24)8-2)21-12-14-23(28)15-13-21/h10-19,29H,7-9H2,1-6H3/b26-25+. The van der Waals surface area contributed by atoms with Crippen LogP contribution in [0.3, 0.4) is 0 Å². The van der Waals surface area contributed by atoms with Crippen LogP contribution in [0.5, 0.6) is 0 Å². The molecular formula is C27H35ClO2. The number of aliphatic hydroxyl groups is 1. The fraction of sp³-hybridized carbons (Fsp3) is 0.444. The number of hydrogen-bond donors (Lipinski definition) is 1. The largest absolute Gasteiger partial charge is 0.512 e. The summed E-state index contributed by atoms with van der Waals surface area (Å²) in [5.41, 5.74) is 4.46. The first-order valence-corrected chi connectivity index (χ1v) is 11.4. The molecular weight excluding hydrogens is 392 g/mol. The maximum Gasteiger partial charge on any atom is 0.169 e. The Bertz CT molecular complexity index is 894. The minimum atomic E-state index is -0.164. The highest BCUT2D eigenvalue weighted by Crippen LogP contribution is 2.34. The molecule has 30 heavy (non-hydrogen) atoms. The predicted molar refractivity (Wildman–Crippen MR) is 129 cm³/mol. The molecule has 2 aromatic carbocycles. The molecule has 162 valence electrons. The highest BCUT2D eigenvalue weighted by Gasteiger charge is 2.29. The van der Waals surface area contributed by atoms with Gasteiger partial charge in [-0.05, 0) is 65.1 Å². The molecule has 0 heterocycles. The molecule has 3 heteroatoms. The lowest BCUT2D eigenvalue weighted by atomic mass is 9.78. The number of carbonyl (C=O) groups is 1. The van der Waals surface area contributed by atoms with Crippen LogP contribution in [0, 0.1) is 17.8 Å². The van der Waals surface area contributed by atoms with E-state index in [1.807, 2.05) is 44.2 Å². The molecule has 0 aromatic heterocycles. The summed E-state index contributed by atoms with van der Waals surface area (Å²) >= 11 is 6.05. The Labute approximate surface area is 187 Å². The Hall–Kier alpha value is -2.06. The number of aliphatic hydroxyl groups excluding tert-OH is 1. The summed E-state index contributed by atoms with van der Waals surface area (Å²) in [6.07, 6.45) is 2.08. The summed E-state index contributed by atoms with van der Waals surface area (Å²) in [6, 6.07) is 13.9. The molecule has 0 saturated carbocycles. The second-order valence-electron chi connectivity index (χ2n) is 8.56. The summed E-state index contributed by atoms with van der Waals surface area (Å²) in [7, 11) is 0. The first kappa shape index (κ1) is 24.2. The van der Waals surface area contributed by atoms with Gasteiger partial charge in [0.2, 0.25) is 0 Å². The maximum atomic E-state index is 13.6. The molecule has 0 aliphatic heterocycles. The molecule has 2 atom stereocenters. The van der Waals surface area contributed by atoms with E-state index in [9.17, 15) is 9.90 Å². The van der Waals surface area contributed by atoms with Crippen molar-refractivity contribution in [3.63, 3.8) is 0 Å². The average Bonchev–Trinajstić information content (AvgIpc) is 2.73. The van der Waals surface area contributed by atoms with E-state index in [1.165, 1.54) is 0 Å². The van der Waals surface area contributed by atoms with Gasteiger partial charge in [-0.25, -0.2) is 0 Å². The van der Waals surface area contributed by atoms with E-state index < -0.39 is 0 Å². The predicted octanol–water partition coefficient (Wildman–Crippen LogP) is 8.14. The van der Waals surface area contributed by atoms with Gasteiger partial charge < -0.3 is 5.11 Å². The number of hydrogen-bond acceptors (Lipinski definition) is 2. The minimum Gasteiger partial charge on any atom is -0.512 e. The Morgan fingerprint density at radius 1 is 0.967 bits per heavy atom. The Kier molecular flexibility index (Phi) is 8.73. The average molecular weight is 427 g/mol. The van der Waals surface area contributed by atoms with Crippen LogP contribution in [0.15, 0.2) is 48.2 Å². The molecule has 2 unspecified atom stereocenters. The van der Waals surface area contributed by atoms with Crippen molar-refractivity contribution in [1.82, 2.24) is 0 Å². The first-order chi connectivity index (χ1) is 14.2. The van der Waals surface area contributed by atoms with Gasteiger partial charge in [-0.3, -0.25) is 4.79 Å². The van der Waals surface area contributed by atoms with Crippen LogP contribution in [0.2, 0.25) is 5.02 Å². The van der Waals surface area contributed by atoms with Gasteiger partial charge in [-0.1, -0.05) is 77.4 Å². The number of benzene rings is 2. The third-order valence-electron chi connectivity index (χ3n) is 6.21. The zero-order valence-electron chi connectivity index (χ0n) is 19.1. The van der Waals surface area contributed by atoms with Gasteiger partial charge in [0.25, 0.3) is 0 Å². The lowest BCUT2D eigenvalue weighted by Gasteiger charge is -2.25. The number of halogens is 1. The van der Waals surface area contributed by atoms with E-state index in [0.29, 0.717) is 22.9 Å². The van der Waals surface area contributed by atoms with Crippen LogP contribution in [0.25, 0.3) is 16.7 Å². The lowest BCUT2D eigenvalue weighted by Crippen LogP contribution is -2.25. The second kappa shape index (κ2) is 10.8. The molecule has 0 radical (unpaired) electrons. The molecule has 1 N–H and O–H groups in total. The second-order valence-corrected chi connectivity index (χ2v) is 9.00. The topological polar surface area (TPSA) is 37.3 Å². The summed E-state index contributed by atoms with van der Waals surface area (Å²) in [5.74, 6) is 0.692. The van der Waals surface area contributed by atoms with E-state index in [-0.39, 0.29) is 23.4 Å². The lowest BCUT2D eigenvalue weighted by molar-refractivity contribution is -0.118. The Morgan fingerprint density at radius 3 is 2.10 bits per heavy atom. The third-order valence-corrected chi connectivity index (χ3v) is 6.47. The minimum absolute atomic E-state index is 0.0325. The SMILES string of the molecule is CCC/C(O)=C(\C(=O)C(C)C(C)C(C)C)c1cc(-c2ccc(Cl)cc2)ccc1CC. The van der Waals surface area contributed by atoms with E-state index in [0.717, 1.165) is 35.1 Å². The molecule has 0 spiro atoms. The molecule has 0 amide bonds. The van der Waals surface area contributed by atoms with E-state index >= 15 is 0 Å². The summed E-state index contributed by atoms with van der Waals surface area (Å²) in [4.78, 5) is 13.6. The highest BCUT2D eigenvalue weighted by molar-refractivity contribution is 6.30. The Morgan fingerprint density at radius 2 is 1.57 bits per heavy atom. The molecule has 0 aliphatic carbocycles. The zero-order valence-corrected chi connectivity index (χ0v) is 19.9. The number of aryl methyl sites for hydroxylation is 1. The van der Waals surface area contributed by atoms with Gasteiger partial charge >= 0.3 is 0 Å². The van der Waals surface area contributed by atoms with Gasteiger partial charge in [-0.2, -0.15) is 0 Å². The third kappa shape index (κ3) is 5.55. The highest BCUT2D eigenvalue weighted by atomic mass is 35.5. The smallest absolute Gasteiger partial charge is 0.169 e. The molecule has 0 saturated heterocycles. The number of Topliss-reactive ketones (excluding diaryl/α,β-unsaturated/α-hetero) is 1. The van der Waals surface area contributed by atoms with Crippen molar-refractivity contribution in [3.8, 4) is 11.1 Å². The van der Waals surface area contributed by atoms with Crippen LogP contribution in [0.4, 0.5) is 0 Å². The Balaban J connectivity index is 2.65. The van der Waals surface area contributed by atoms with Gasteiger partial charge in [0.1, 0.15) is 5.76 Å². The molecule has 2 aromatic rings. The van der Waals surface area contributed by atoms with Gasteiger partial charge in [0, 0.05) is 17.4 Å². The number of rotatable bonds is 9.